The summed E-state index contributed by atoms with van der Waals surface area (Å²) in [6.07, 6.45) is 0. The summed E-state index contributed by atoms with van der Waals surface area (Å²) < 4.78 is 13.6. The van der Waals surface area contributed by atoms with Gasteiger partial charge in [0.25, 0.3) is 5.91 Å². The van der Waals surface area contributed by atoms with Gasteiger partial charge in [-0.25, -0.2) is 4.39 Å². The van der Waals surface area contributed by atoms with Crippen LogP contribution in [0.3, 0.4) is 0 Å². The fourth-order valence-electron chi connectivity index (χ4n) is 1.96. The highest BCUT2D eigenvalue weighted by molar-refractivity contribution is 5.99. The summed E-state index contributed by atoms with van der Waals surface area (Å²) in [6.45, 7) is 3.42. The van der Waals surface area contributed by atoms with Crippen molar-refractivity contribution in [3.05, 3.63) is 65.0 Å². The van der Waals surface area contributed by atoms with Gasteiger partial charge in [-0.05, 0) is 43.7 Å². The molecule has 0 bridgehead atoms. The van der Waals surface area contributed by atoms with E-state index in [1.807, 2.05) is 13.0 Å². The third kappa shape index (κ3) is 4.15. The number of rotatable bonds is 4. The van der Waals surface area contributed by atoms with Crippen LogP contribution in [0.25, 0.3) is 0 Å². The number of halogens is 1. The van der Waals surface area contributed by atoms with Crippen molar-refractivity contribution in [1.29, 1.82) is 0 Å². The molecule has 0 saturated carbocycles. The second-order valence-corrected chi connectivity index (χ2v) is 5.08. The highest BCUT2D eigenvalue weighted by Gasteiger charge is 2.10. The number of anilines is 1. The first kappa shape index (κ1) is 15.7. The number of carbonyl (C=O) groups excluding carboxylic acids is 2. The van der Waals surface area contributed by atoms with Gasteiger partial charge in [-0.1, -0.05) is 23.8 Å². The minimum Gasteiger partial charge on any atom is -0.343 e. The third-order valence-electron chi connectivity index (χ3n) is 3.09. The fraction of sp³-hybridized carbons (Fsp3) is 0.176. The highest BCUT2D eigenvalue weighted by atomic mass is 19.1. The SMILES string of the molecule is Cc1cccc(C(=O)NCC(=O)Nc2ccc(C)cc2F)c1. The first-order valence-corrected chi connectivity index (χ1v) is 6.86. The van der Waals surface area contributed by atoms with Crippen LogP contribution < -0.4 is 10.6 Å². The largest absolute Gasteiger partial charge is 0.343 e. The second kappa shape index (κ2) is 6.85. The molecule has 0 spiro atoms. The van der Waals surface area contributed by atoms with Gasteiger partial charge >= 0.3 is 0 Å². The van der Waals surface area contributed by atoms with Crippen molar-refractivity contribution in [3.63, 3.8) is 0 Å². The summed E-state index contributed by atoms with van der Waals surface area (Å²) in [5.74, 6) is -1.33. The predicted octanol–water partition coefficient (Wildman–Crippen LogP) is 2.81. The summed E-state index contributed by atoms with van der Waals surface area (Å²) >= 11 is 0. The summed E-state index contributed by atoms with van der Waals surface area (Å²) in [5.41, 5.74) is 2.30. The fourth-order valence-corrected chi connectivity index (χ4v) is 1.96. The van der Waals surface area contributed by atoms with E-state index in [2.05, 4.69) is 10.6 Å². The summed E-state index contributed by atoms with van der Waals surface area (Å²) in [6, 6.07) is 11.6. The zero-order chi connectivity index (χ0) is 16.1. The van der Waals surface area contributed by atoms with E-state index in [4.69, 9.17) is 0 Å². The van der Waals surface area contributed by atoms with Crippen LogP contribution in [0.4, 0.5) is 10.1 Å². The van der Waals surface area contributed by atoms with Gasteiger partial charge < -0.3 is 10.6 Å². The Balaban J connectivity index is 1.91. The van der Waals surface area contributed by atoms with Gasteiger partial charge in [-0.15, -0.1) is 0 Å². The molecule has 114 valence electrons. The van der Waals surface area contributed by atoms with Crippen molar-refractivity contribution in [2.75, 3.05) is 11.9 Å². The Bertz CT molecular complexity index is 714. The van der Waals surface area contributed by atoms with E-state index < -0.39 is 11.7 Å². The van der Waals surface area contributed by atoms with Crippen LogP contribution in [-0.4, -0.2) is 18.4 Å². The molecule has 5 heteroatoms. The Morgan fingerprint density at radius 3 is 2.45 bits per heavy atom. The summed E-state index contributed by atoms with van der Waals surface area (Å²) in [7, 11) is 0. The maximum Gasteiger partial charge on any atom is 0.251 e. The van der Waals surface area contributed by atoms with Gasteiger partial charge in [0, 0.05) is 5.56 Å². The van der Waals surface area contributed by atoms with Crippen molar-refractivity contribution in [3.8, 4) is 0 Å². The van der Waals surface area contributed by atoms with E-state index in [1.165, 1.54) is 12.1 Å². The lowest BCUT2D eigenvalue weighted by Gasteiger charge is -2.08. The van der Waals surface area contributed by atoms with E-state index in [-0.39, 0.29) is 18.1 Å². The van der Waals surface area contributed by atoms with Gasteiger partial charge in [-0.2, -0.15) is 0 Å². The van der Waals surface area contributed by atoms with Crippen LogP contribution >= 0.6 is 0 Å². The average molecular weight is 300 g/mol. The van der Waals surface area contributed by atoms with E-state index in [0.29, 0.717) is 5.56 Å². The molecule has 0 unspecified atom stereocenters. The molecule has 0 radical (unpaired) electrons. The van der Waals surface area contributed by atoms with Gasteiger partial charge in [0.2, 0.25) is 5.91 Å². The van der Waals surface area contributed by atoms with E-state index in [9.17, 15) is 14.0 Å². The maximum absolute atomic E-state index is 13.6. The average Bonchev–Trinajstić information content (AvgIpc) is 2.47. The summed E-state index contributed by atoms with van der Waals surface area (Å²) in [5, 5.41) is 4.93. The van der Waals surface area contributed by atoms with E-state index in [0.717, 1.165) is 11.1 Å². The monoisotopic (exact) mass is 300 g/mol. The lowest BCUT2D eigenvalue weighted by atomic mass is 10.1. The predicted molar refractivity (Wildman–Crippen MR) is 83.3 cm³/mol. The molecule has 2 aromatic rings. The summed E-state index contributed by atoms with van der Waals surface area (Å²) in [4.78, 5) is 23.7. The smallest absolute Gasteiger partial charge is 0.251 e. The molecule has 0 aliphatic heterocycles. The van der Waals surface area contributed by atoms with Gasteiger partial charge in [0.15, 0.2) is 0 Å². The number of aryl methyl sites for hydroxylation is 2. The molecule has 0 atom stereocenters. The van der Waals surface area contributed by atoms with Crippen molar-refractivity contribution in [2.45, 2.75) is 13.8 Å². The number of hydrogen-bond acceptors (Lipinski definition) is 2. The Labute approximate surface area is 128 Å². The molecule has 0 saturated heterocycles. The Hall–Kier alpha value is -2.69. The van der Waals surface area contributed by atoms with Crippen LogP contribution in [0, 0.1) is 19.7 Å². The Kier molecular flexibility index (Phi) is 4.88. The molecule has 2 amide bonds. The second-order valence-electron chi connectivity index (χ2n) is 5.08. The van der Waals surface area contributed by atoms with E-state index >= 15 is 0 Å². The third-order valence-corrected chi connectivity index (χ3v) is 3.09. The Morgan fingerprint density at radius 2 is 1.77 bits per heavy atom. The molecule has 0 heterocycles. The van der Waals surface area contributed by atoms with Gasteiger partial charge in [0.1, 0.15) is 5.82 Å². The molecule has 2 N–H and O–H groups in total. The first-order valence-electron chi connectivity index (χ1n) is 6.86. The molecular weight excluding hydrogens is 283 g/mol. The van der Waals surface area contributed by atoms with Crippen molar-refractivity contribution in [2.24, 2.45) is 0 Å². The molecule has 0 aromatic heterocycles. The number of amides is 2. The number of hydrogen-bond donors (Lipinski definition) is 2. The normalized spacial score (nSPS) is 10.1. The van der Waals surface area contributed by atoms with Crippen LogP contribution in [0.1, 0.15) is 21.5 Å². The number of benzene rings is 2. The molecule has 22 heavy (non-hydrogen) atoms. The minimum atomic E-state index is -0.502. The zero-order valence-corrected chi connectivity index (χ0v) is 12.4. The lowest BCUT2D eigenvalue weighted by Crippen LogP contribution is -2.33. The van der Waals surface area contributed by atoms with Crippen LogP contribution in [0.5, 0.6) is 0 Å². The maximum atomic E-state index is 13.6. The van der Waals surface area contributed by atoms with Crippen molar-refractivity contribution < 1.29 is 14.0 Å². The van der Waals surface area contributed by atoms with Gasteiger partial charge in [-0.3, -0.25) is 9.59 Å². The molecule has 2 rings (SSSR count). The van der Waals surface area contributed by atoms with Crippen LogP contribution in [0.15, 0.2) is 42.5 Å². The Morgan fingerprint density at radius 1 is 1.05 bits per heavy atom. The lowest BCUT2D eigenvalue weighted by molar-refractivity contribution is -0.115. The molecule has 0 aliphatic carbocycles. The van der Waals surface area contributed by atoms with E-state index in [1.54, 1.807) is 31.2 Å². The molecular formula is C17H17FN2O2. The quantitative estimate of drug-likeness (QED) is 0.912. The highest BCUT2D eigenvalue weighted by Crippen LogP contribution is 2.14. The topological polar surface area (TPSA) is 58.2 Å². The number of nitrogens with one attached hydrogen (secondary N) is 2. The first-order chi connectivity index (χ1) is 10.5. The van der Waals surface area contributed by atoms with Gasteiger partial charge in [0.05, 0.1) is 12.2 Å². The zero-order valence-electron chi connectivity index (χ0n) is 12.4. The van der Waals surface area contributed by atoms with Crippen molar-refractivity contribution in [1.82, 2.24) is 5.32 Å². The molecule has 0 aliphatic rings. The van der Waals surface area contributed by atoms with Crippen molar-refractivity contribution >= 4 is 17.5 Å². The molecule has 2 aromatic carbocycles. The number of carbonyl (C=O) groups is 2. The minimum absolute atomic E-state index is 0.0976. The van der Waals surface area contributed by atoms with Crippen LogP contribution in [0.2, 0.25) is 0 Å². The standard InChI is InChI=1S/C17H17FN2O2/c1-11-4-3-5-13(8-11)17(22)19-10-16(21)20-15-7-6-12(2)9-14(15)18/h3-9H,10H2,1-2H3,(H,19,22)(H,20,21). The molecule has 4 nitrogen and oxygen atoms in total. The molecule has 0 fully saturated rings. The van der Waals surface area contributed by atoms with Crippen LogP contribution in [-0.2, 0) is 4.79 Å².